The summed E-state index contributed by atoms with van der Waals surface area (Å²) in [6.45, 7) is 6.50. The highest BCUT2D eigenvalue weighted by atomic mass is 16.1. The largest absolute Gasteiger partial charge is 0.299 e. The summed E-state index contributed by atoms with van der Waals surface area (Å²) < 4.78 is 0. The van der Waals surface area contributed by atoms with Crippen molar-refractivity contribution in [2.24, 2.45) is 40.4 Å². The summed E-state index contributed by atoms with van der Waals surface area (Å²) in [6, 6.07) is 0. The maximum absolute atomic E-state index is 13.1. The second kappa shape index (κ2) is 5.25. The third-order valence-electron chi connectivity index (χ3n) is 8.65. The highest BCUT2D eigenvalue weighted by Gasteiger charge is 2.63. The molecule has 3 heteroatoms. The molecule has 0 aromatic rings. The van der Waals surface area contributed by atoms with Gasteiger partial charge in [-0.25, -0.2) is 0 Å². The lowest BCUT2D eigenvalue weighted by atomic mass is 9.43. The van der Waals surface area contributed by atoms with Crippen LogP contribution >= 0.6 is 0 Å². The Morgan fingerprint density at radius 3 is 2.42 bits per heavy atom. The first-order chi connectivity index (χ1) is 11.3. The molecule has 0 radical (unpaired) electrons. The van der Waals surface area contributed by atoms with Gasteiger partial charge in [-0.15, -0.1) is 0 Å². The van der Waals surface area contributed by atoms with E-state index >= 15 is 0 Å². The van der Waals surface area contributed by atoms with Crippen molar-refractivity contribution >= 4 is 17.3 Å². The summed E-state index contributed by atoms with van der Waals surface area (Å²) in [5.41, 5.74) is -0.207. The van der Waals surface area contributed by atoms with Gasteiger partial charge in [-0.05, 0) is 55.3 Å². The zero-order valence-electron chi connectivity index (χ0n) is 15.3. The summed E-state index contributed by atoms with van der Waals surface area (Å²) >= 11 is 0. The monoisotopic (exact) mass is 330 g/mol. The molecule has 0 aromatic heterocycles. The molecular weight excluding hydrogens is 300 g/mol. The average Bonchev–Trinajstić information content (AvgIpc) is 2.84. The Kier molecular flexibility index (Phi) is 3.61. The zero-order valence-corrected chi connectivity index (χ0v) is 15.3. The van der Waals surface area contributed by atoms with Crippen LogP contribution in [0, 0.1) is 40.4 Å². The molecule has 24 heavy (non-hydrogen) atoms. The van der Waals surface area contributed by atoms with E-state index in [9.17, 15) is 14.4 Å². The number of hydrogen-bond donors (Lipinski definition) is 0. The van der Waals surface area contributed by atoms with Gasteiger partial charge in [0.2, 0.25) is 0 Å². The first kappa shape index (κ1) is 16.5. The van der Waals surface area contributed by atoms with Crippen molar-refractivity contribution in [2.75, 3.05) is 0 Å². The van der Waals surface area contributed by atoms with Gasteiger partial charge in [-0.1, -0.05) is 20.8 Å². The van der Waals surface area contributed by atoms with Crippen molar-refractivity contribution in [3.8, 4) is 0 Å². The maximum Gasteiger partial charge on any atom is 0.139 e. The highest BCUT2D eigenvalue weighted by molar-refractivity contribution is 5.93. The van der Waals surface area contributed by atoms with Gasteiger partial charge < -0.3 is 0 Å². The van der Waals surface area contributed by atoms with Crippen LogP contribution in [0.2, 0.25) is 0 Å². The number of Topliss-reactive ketones (excluding diaryl/α,β-unsaturated/α-hetero) is 3. The topological polar surface area (TPSA) is 51.2 Å². The Morgan fingerprint density at radius 2 is 1.71 bits per heavy atom. The quantitative estimate of drug-likeness (QED) is 0.730. The van der Waals surface area contributed by atoms with Gasteiger partial charge in [0.25, 0.3) is 0 Å². The first-order valence-electron chi connectivity index (χ1n) is 9.91. The lowest BCUT2D eigenvalue weighted by molar-refractivity contribution is -0.166. The minimum atomic E-state index is -0.181. The number of hydrogen-bond acceptors (Lipinski definition) is 3. The van der Waals surface area contributed by atoms with Crippen LogP contribution in [0.3, 0.4) is 0 Å². The van der Waals surface area contributed by atoms with Crippen LogP contribution in [0.25, 0.3) is 0 Å². The molecule has 3 nitrogen and oxygen atoms in total. The van der Waals surface area contributed by atoms with Crippen molar-refractivity contribution in [1.29, 1.82) is 0 Å². The predicted molar refractivity (Wildman–Crippen MR) is 91.3 cm³/mol. The van der Waals surface area contributed by atoms with Crippen LogP contribution in [-0.4, -0.2) is 17.3 Å². The molecular formula is C21H30O3. The Bertz CT molecular complexity index is 608. The minimum absolute atomic E-state index is 0.0262. The summed E-state index contributed by atoms with van der Waals surface area (Å²) in [5.74, 6) is 2.22. The molecule has 4 saturated carbocycles. The fourth-order valence-electron chi connectivity index (χ4n) is 7.37. The van der Waals surface area contributed by atoms with Crippen LogP contribution in [0.1, 0.15) is 72.1 Å². The molecule has 4 rings (SSSR count). The Morgan fingerprint density at radius 1 is 0.958 bits per heavy atom. The predicted octanol–water partition coefficient (Wildman–Crippen LogP) is 3.98. The van der Waals surface area contributed by atoms with Gasteiger partial charge in [0.15, 0.2) is 0 Å². The molecule has 0 N–H and O–H groups in total. The van der Waals surface area contributed by atoms with Gasteiger partial charge in [-0.3, -0.25) is 14.4 Å². The Hall–Kier alpha value is -0.990. The van der Waals surface area contributed by atoms with Crippen LogP contribution in [0.4, 0.5) is 0 Å². The third kappa shape index (κ3) is 1.93. The number of carbonyl (C=O) groups is 3. The van der Waals surface area contributed by atoms with E-state index in [1.807, 2.05) is 0 Å². The van der Waals surface area contributed by atoms with E-state index in [0.717, 1.165) is 32.1 Å². The van der Waals surface area contributed by atoms with Gasteiger partial charge in [0.1, 0.15) is 17.3 Å². The Labute approximate surface area is 144 Å². The SMILES string of the molecule is CCC1C(=O)CC[C@@]2(C)C1C(=O)C[C@@H]1[C@H]2CC[C@]2(C)C(=O)CC[C@@H]12. The van der Waals surface area contributed by atoms with Gasteiger partial charge in [0.05, 0.1) is 0 Å². The van der Waals surface area contributed by atoms with E-state index in [1.165, 1.54) is 0 Å². The maximum atomic E-state index is 13.1. The molecule has 4 fully saturated rings. The van der Waals surface area contributed by atoms with Crippen molar-refractivity contribution in [3.63, 3.8) is 0 Å². The molecule has 0 aromatic carbocycles. The molecule has 0 heterocycles. The van der Waals surface area contributed by atoms with Gasteiger partial charge in [-0.2, -0.15) is 0 Å². The summed E-state index contributed by atoms with van der Waals surface area (Å²) in [4.78, 5) is 38.0. The zero-order chi connectivity index (χ0) is 17.3. The van der Waals surface area contributed by atoms with Gasteiger partial charge in [0, 0.05) is 36.5 Å². The fourth-order valence-corrected chi connectivity index (χ4v) is 7.37. The third-order valence-corrected chi connectivity index (χ3v) is 8.65. The van der Waals surface area contributed by atoms with Crippen molar-refractivity contribution in [3.05, 3.63) is 0 Å². The first-order valence-corrected chi connectivity index (χ1v) is 9.91. The van der Waals surface area contributed by atoms with E-state index in [-0.39, 0.29) is 22.7 Å². The summed E-state index contributed by atoms with van der Waals surface area (Å²) in [5, 5.41) is 0. The number of rotatable bonds is 1. The highest BCUT2D eigenvalue weighted by Crippen LogP contribution is 2.65. The molecule has 7 atom stereocenters. The van der Waals surface area contributed by atoms with Crippen LogP contribution in [-0.2, 0) is 14.4 Å². The van der Waals surface area contributed by atoms with E-state index in [0.29, 0.717) is 54.4 Å². The van der Waals surface area contributed by atoms with Crippen molar-refractivity contribution in [1.82, 2.24) is 0 Å². The molecule has 0 saturated heterocycles. The molecule has 0 amide bonds. The Balaban J connectivity index is 1.72. The van der Waals surface area contributed by atoms with E-state index in [2.05, 4.69) is 20.8 Å². The molecule has 4 aliphatic carbocycles. The van der Waals surface area contributed by atoms with E-state index in [1.54, 1.807) is 0 Å². The van der Waals surface area contributed by atoms with Crippen molar-refractivity contribution in [2.45, 2.75) is 72.1 Å². The van der Waals surface area contributed by atoms with Crippen LogP contribution < -0.4 is 0 Å². The van der Waals surface area contributed by atoms with Gasteiger partial charge >= 0.3 is 0 Å². The van der Waals surface area contributed by atoms with Crippen LogP contribution in [0.15, 0.2) is 0 Å². The molecule has 132 valence electrons. The van der Waals surface area contributed by atoms with Crippen LogP contribution in [0.5, 0.6) is 0 Å². The number of carbonyl (C=O) groups excluding carboxylic acids is 3. The second-order valence-corrected chi connectivity index (χ2v) is 9.43. The molecule has 2 unspecified atom stereocenters. The molecule has 0 bridgehead atoms. The fraction of sp³-hybridized carbons (Fsp3) is 0.857. The smallest absolute Gasteiger partial charge is 0.139 e. The molecule has 4 aliphatic rings. The lowest BCUT2D eigenvalue weighted by Crippen LogP contribution is -2.59. The lowest BCUT2D eigenvalue weighted by Gasteiger charge is -2.59. The average molecular weight is 330 g/mol. The standard InChI is InChI=1S/C21H30O3/c1-4-12-16(22)8-10-21(3)15-7-9-20(2)14(5-6-18(20)24)13(15)11-17(23)19(12)21/h12-15,19H,4-11H2,1-3H3/t12?,13-,14-,15+,19?,20-,21+/m0/s1. The normalized spacial score (nSPS) is 51.1. The molecule has 0 aliphatic heterocycles. The summed E-state index contributed by atoms with van der Waals surface area (Å²) in [6.07, 6.45) is 6.65. The number of fused-ring (bicyclic) bond motifs is 5. The number of ketones is 3. The van der Waals surface area contributed by atoms with E-state index in [4.69, 9.17) is 0 Å². The summed E-state index contributed by atoms with van der Waals surface area (Å²) in [7, 11) is 0. The minimum Gasteiger partial charge on any atom is -0.299 e. The van der Waals surface area contributed by atoms with Crippen molar-refractivity contribution < 1.29 is 14.4 Å². The second-order valence-electron chi connectivity index (χ2n) is 9.43. The molecule has 0 spiro atoms. The van der Waals surface area contributed by atoms with E-state index < -0.39 is 0 Å².